The standard InChI is InChI=1S/C19H27NO7.C19H28O6.2C18H25NO7.C17H24O4.C16H21NO7/c1-5-16(27-20(23)24)8-6-7-11-25-19(22)15-9-10-17(14(4)12-15)26-18(21)13(2)3;1-5-8-22-9-10-23-11-12-24-19(21)16-6-7-17(15(4)13-16)25-18(20)14(2)3;1-12(2)17(20)25-16-9-8-15(11-13(16)3)18(21)24-10-6-5-7-14(4)26-19(22)23;1-13(2)17(20)26-16-9-8-15(12-14(16)3)18(21)24-10-6-4-5-7-11-25-19(22)23;1-5-6-7-10-20-17(19)14-8-9-15(13(4)11-14)21-16(18)12(2)3;1-10(2)15(18)23-14-6-5-13(9-11(14)3)16(19)22-8-7-12(4)24-17(20)21/h9-10,12-13,16H,5-8,11H2,1-4H3;6-7,13-14H,5,8-12H2,1-4H3;8-9,11-12,14H,5-7,10H2,1-4H3;8-9,12-13H,4-7,10-11H2,1-3H3;8-9,11-12H,5-7,10H2,1-4H3;5-6,9-10,12H,7-8H2,1-4H3. The highest BCUT2D eigenvalue weighted by molar-refractivity contribution is 5.93. The minimum atomic E-state index is -0.882. The Morgan fingerprint density at radius 2 is 0.483 bits per heavy atom. The summed E-state index contributed by atoms with van der Waals surface area (Å²) in [7, 11) is 0. The fourth-order valence-electron chi connectivity index (χ4n) is 11.7. The van der Waals surface area contributed by atoms with Crippen molar-refractivity contribution >= 4 is 71.6 Å². The summed E-state index contributed by atoms with van der Waals surface area (Å²) in [5.41, 5.74) is 6.42. The molecule has 0 aromatic heterocycles. The van der Waals surface area contributed by atoms with Gasteiger partial charge in [0.2, 0.25) is 0 Å². The molecular weight excluding hydrogens is 1950 g/mol. The topological polar surface area (TPSA) is 544 Å². The lowest BCUT2D eigenvalue weighted by molar-refractivity contribution is -0.768. The molecule has 6 aromatic rings. The van der Waals surface area contributed by atoms with E-state index in [9.17, 15) is 98.0 Å². The molecule has 0 saturated carbocycles. The number of nitrogens with zero attached hydrogens (tertiary/aromatic N) is 4. The van der Waals surface area contributed by atoms with E-state index in [-0.39, 0.29) is 123 Å². The van der Waals surface area contributed by atoms with E-state index in [1.807, 2.05) is 13.8 Å². The number of esters is 12. The molecule has 6 rings (SSSR count). The van der Waals surface area contributed by atoms with Crippen LogP contribution in [0.1, 0.15) is 316 Å². The first-order chi connectivity index (χ1) is 70.4. The Labute approximate surface area is 870 Å². The molecule has 3 unspecified atom stereocenters. The van der Waals surface area contributed by atoms with Crippen molar-refractivity contribution < 1.29 is 164 Å². The van der Waals surface area contributed by atoms with Crippen LogP contribution in [-0.2, 0) is 86.0 Å². The summed E-state index contributed by atoms with van der Waals surface area (Å²) in [6, 6.07) is 28.6. The van der Waals surface area contributed by atoms with Crippen LogP contribution in [0.5, 0.6) is 34.5 Å². The average molecular weight is 2100 g/mol. The van der Waals surface area contributed by atoms with Gasteiger partial charge in [0.25, 0.3) is 20.3 Å². The summed E-state index contributed by atoms with van der Waals surface area (Å²) in [5, 5.41) is 37.4. The molecule has 0 amide bonds. The highest BCUT2D eigenvalue weighted by Crippen LogP contribution is 2.29. The molecule has 0 bridgehead atoms. The number of carbonyl (C=O) groups excluding carboxylic acids is 12. The monoisotopic (exact) mass is 2100 g/mol. The van der Waals surface area contributed by atoms with Crippen LogP contribution in [0.4, 0.5) is 0 Å². The van der Waals surface area contributed by atoms with Gasteiger partial charge in [-0.1, -0.05) is 123 Å². The quantitative estimate of drug-likeness (QED) is 0.00854. The van der Waals surface area contributed by atoms with Crippen LogP contribution in [0.15, 0.2) is 109 Å². The molecule has 3 atom stereocenters. The number of ether oxygens (including phenoxy) is 14. The first-order valence-corrected chi connectivity index (χ1v) is 49.7. The predicted octanol–water partition coefficient (Wildman–Crippen LogP) is 20.6. The van der Waals surface area contributed by atoms with Crippen molar-refractivity contribution in [3.8, 4) is 34.5 Å². The molecule has 0 N–H and O–H groups in total. The fraction of sp³-hybridized carbons (Fsp3) is 0.551. The third-order valence-electron chi connectivity index (χ3n) is 20.6. The number of aryl methyl sites for hydroxylation is 6. The van der Waals surface area contributed by atoms with Crippen LogP contribution < -0.4 is 28.4 Å². The number of benzene rings is 6. The van der Waals surface area contributed by atoms with Crippen molar-refractivity contribution in [3.63, 3.8) is 0 Å². The van der Waals surface area contributed by atoms with Gasteiger partial charge in [-0.2, -0.15) is 0 Å². The SMILES string of the molecule is CCC(CCCCOC(=O)c1ccc(OC(=O)C(C)C)c(C)c1)O[N+](=O)[O-].CCCCCOC(=O)c1ccc(OC(=O)C(C)C)c(C)c1.CCCOCCOCCOC(=O)c1ccc(OC(=O)C(C)C)c(C)c1.Cc1cc(C(=O)OCCC(C)O[N+](=O)[O-])ccc1OC(=O)C(C)C.Cc1cc(C(=O)OCCCCC(C)O[N+](=O)[O-])ccc1OC(=O)C(C)C.Cc1cc(C(=O)OCCCCCCO[N+](=O)[O-])ccc1OC(=O)C(C)C. The van der Waals surface area contributed by atoms with Crippen LogP contribution in [0, 0.1) is 118 Å². The van der Waals surface area contributed by atoms with Crippen LogP contribution in [0.3, 0.4) is 0 Å². The minimum Gasteiger partial charge on any atom is -0.462 e. The highest BCUT2D eigenvalue weighted by Gasteiger charge is 2.24. The zero-order chi connectivity index (χ0) is 112. The second kappa shape index (κ2) is 74.5. The largest absolute Gasteiger partial charge is 0.462 e. The maximum absolute atomic E-state index is 12.1. The van der Waals surface area contributed by atoms with Gasteiger partial charge in [0.1, 0.15) is 59.4 Å². The van der Waals surface area contributed by atoms with Crippen molar-refractivity contribution in [1.82, 2.24) is 0 Å². The molecule has 0 aliphatic rings. The normalized spacial score (nSPS) is 11.2. The van der Waals surface area contributed by atoms with E-state index < -0.39 is 68.5 Å². The van der Waals surface area contributed by atoms with Crippen molar-refractivity contribution in [2.75, 3.05) is 72.7 Å². The van der Waals surface area contributed by atoms with Gasteiger partial charge in [0.05, 0.1) is 128 Å². The van der Waals surface area contributed by atoms with Crippen LogP contribution in [-0.4, -0.2) is 183 Å². The Hall–Kier alpha value is -14.3. The van der Waals surface area contributed by atoms with Crippen molar-refractivity contribution in [2.24, 2.45) is 35.5 Å². The molecule has 0 spiro atoms. The zero-order valence-electron chi connectivity index (χ0n) is 90.0. The number of hydrogen-bond acceptors (Lipinski definition) is 38. The molecule has 826 valence electrons. The molecule has 0 heterocycles. The van der Waals surface area contributed by atoms with E-state index in [1.165, 1.54) is 19.1 Å². The summed E-state index contributed by atoms with van der Waals surface area (Å²) in [5.74, 6) is -3.42. The second-order valence-corrected chi connectivity index (χ2v) is 36.0. The van der Waals surface area contributed by atoms with E-state index in [0.717, 1.165) is 50.7 Å². The maximum Gasteiger partial charge on any atom is 0.338 e. The maximum atomic E-state index is 12.1. The first kappa shape index (κ1) is 133. The van der Waals surface area contributed by atoms with E-state index in [2.05, 4.69) is 26.3 Å². The van der Waals surface area contributed by atoms with Crippen LogP contribution >= 0.6 is 0 Å². The zero-order valence-corrected chi connectivity index (χ0v) is 90.0. The van der Waals surface area contributed by atoms with E-state index in [4.69, 9.17) is 66.3 Å². The molecule has 0 aliphatic carbocycles. The Kier molecular flexibility index (Phi) is 66.4. The Balaban J connectivity index is 0.000000895. The minimum absolute atomic E-state index is 0.00300. The summed E-state index contributed by atoms with van der Waals surface area (Å²) in [4.78, 5) is 200. The molecule has 0 aliphatic heterocycles. The third-order valence-corrected chi connectivity index (χ3v) is 20.6. The van der Waals surface area contributed by atoms with Gasteiger partial charge >= 0.3 is 71.6 Å². The van der Waals surface area contributed by atoms with Crippen molar-refractivity contribution in [1.29, 1.82) is 0 Å². The van der Waals surface area contributed by atoms with Gasteiger partial charge in [-0.3, -0.25) is 28.8 Å². The average Bonchev–Trinajstić information content (AvgIpc) is 0.872. The molecule has 149 heavy (non-hydrogen) atoms. The van der Waals surface area contributed by atoms with Gasteiger partial charge in [-0.05, 0) is 275 Å². The van der Waals surface area contributed by atoms with E-state index >= 15 is 0 Å². The van der Waals surface area contributed by atoms with Crippen molar-refractivity contribution in [3.05, 3.63) is 216 Å². The molecule has 0 saturated heterocycles. The van der Waals surface area contributed by atoms with E-state index in [1.54, 1.807) is 229 Å². The summed E-state index contributed by atoms with van der Waals surface area (Å²) in [6.45, 7) is 44.1. The molecule has 0 radical (unpaired) electrons. The van der Waals surface area contributed by atoms with E-state index in [0.29, 0.717) is 180 Å². The highest BCUT2D eigenvalue weighted by atomic mass is 17.0. The molecule has 0 fully saturated rings. The molecule has 6 aromatic carbocycles. The number of unbranched alkanes of at least 4 members (excludes halogenated alkanes) is 7. The Morgan fingerprint density at radius 1 is 0.248 bits per heavy atom. The smallest absolute Gasteiger partial charge is 0.338 e. The second-order valence-electron chi connectivity index (χ2n) is 36.0. The summed E-state index contributed by atoms with van der Waals surface area (Å²) < 4.78 is 73.1. The van der Waals surface area contributed by atoms with Gasteiger partial charge < -0.3 is 85.7 Å². The molecule has 42 heteroatoms. The summed E-state index contributed by atoms with van der Waals surface area (Å²) in [6.07, 6.45) is 9.51. The number of hydrogen-bond donors (Lipinski definition) is 0. The lowest BCUT2D eigenvalue weighted by Gasteiger charge is -2.12. The van der Waals surface area contributed by atoms with Crippen molar-refractivity contribution in [2.45, 2.75) is 280 Å². The number of carbonyl (C=O) groups is 12. The van der Waals surface area contributed by atoms with Gasteiger partial charge in [0.15, 0.2) is 0 Å². The Bertz CT molecular complexity index is 5220. The van der Waals surface area contributed by atoms with Gasteiger partial charge in [0, 0.05) is 13.0 Å². The number of rotatable bonds is 58. The Morgan fingerprint density at radius 3 is 0.732 bits per heavy atom. The van der Waals surface area contributed by atoms with Gasteiger partial charge in [-0.25, -0.2) is 28.8 Å². The van der Waals surface area contributed by atoms with Crippen LogP contribution in [0.2, 0.25) is 0 Å². The lowest BCUT2D eigenvalue weighted by atomic mass is 10.1. The van der Waals surface area contributed by atoms with Gasteiger partial charge in [-0.15, -0.1) is 40.5 Å². The summed E-state index contributed by atoms with van der Waals surface area (Å²) >= 11 is 0. The molecular formula is C107H150N4O38. The third kappa shape index (κ3) is 58.7. The molecule has 42 nitrogen and oxygen atoms in total. The van der Waals surface area contributed by atoms with Crippen LogP contribution in [0.25, 0.3) is 0 Å². The fourth-order valence-corrected chi connectivity index (χ4v) is 11.7. The predicted molar refractivity (Wildman–Crippen MR) is 544 cm³/mol. The lowest BCUT2D eigenvalue weighted by Crippen LogP contribution is -2.17. The first-order valence-electron chi connectivity index (χ1n) is 49.7.